The number of ether oxygens (including phenoxy) is 6. The van der Waals surface area contributed by atoms with Gasteiger partial charge in [0.1, 0.15) is 47.4 Å². The van der Waals surface area contributed by atoms with E-state index in [9.17, 15) is 14.4 Å². The standard InChI is InChI=1S/C38H40O11/c1-20(2)33(41)27-15-23(18-48-37-31(21(3)39)29(42-5)16-24-11-13-47-34(24)38(37)45-8)9-10-25(27)19-49-36-30(43-6)17-28-26(12-14-46-28)35(44-7)32(36)22(4)40/h9-15,20H,16-19H2,1-8H3. The molecule has 0 saturated heterocycles. The van der Waals surface area contributed by atoms with Crippen LogP contribution >= 0.6 is 0 Å². The van der Waals surface area contributed by atoms with Gasteiger partial charge in [-0.1, -0.05) is 26.0 Å². The van der Waals surface area contributed by atoms with Crippen LogP contribution < -0.4 is 0 Å². The highest BCUT2D eigenvalue weighted by molar-refractivity contribution is 6.04. The average molecular weight is 673 g/mol. The van der Waals surface area contributed by atoms with Gasteiger partial charge in [0.15, 0.2) is 34.6 Å². The number of Topliss-reactive ketones (excluding diaryl/α,β-unsaturated/α-hetero) is 3. The predicted molar refractivity (Wildman–Crippen MR) is 177 cm³/mol. The molecule has 2 aliphatic rings. The SMILES string of the molecule is COC1=C(OCc2ccc(COC3=C(OC)c4occc4CC(OC)=C3C(C)=O)cc2C(=O)C(C)C)C(C(C)=O)=C(OC)c2ccoc2C1. The van der Waals surface area contributed by atoms with Crippen LogP contribution in [0.2, 0.25) is 0 Å². The molecule has 0 amide bonds. The molecule has 1 aromatic carbocycles. The molecule has 0 N–H and O–H groups in total. The maximum Gasteiger partial charge on any atom is 0.205 e. The van der Waals surface area contributed by atoms with E-state index < -0.39 is 0 Å². The molecule has 0 spiro atoms. The lowest BCUT2D eigenvalue weighted by Crippen LogP contribution is -2.15. The summed E-state index contributed by atoms with van der Waals surface area (Å²) in [4.78, 5) is 39.5. The highest BCUT2D eigenvalue weighted by Crippen LogP contribution is 2.38. The van der Waals surface area contributed by atoms with Gasteiger partial charge in [0.2, 0.25) is 5.76 Å². The molecule has 0 bridgehead atoms. The molecule has 0 unspecified atom stereocenters. The predicted octanol–water partition coefficient (Wildman–Crippen LogP) is 6.87. The van der Waals surface area contributed by atoms with Crippen molar-refractivity contribution in [3.05, 3.63) is 116 Å². The second kappa shape index (κ2) is 14.8. The van der Waals surface area contributed by atoms with Gasteiger partial charge in [-0.2, -0.15) is 0 Å². The van der Waals surface area contributed by atoms with E-state index in [-0.39, 0.29) is 71.3 Å². The fraction of sp³-hybridized carbons (Fsp3) is 0.342. The highest BCUT2D eigenvalue weighted by Gasteiger charge is 2.33. The molecule has 5 rings (SSSR count). The van der Waals surface area contributed by atoms with Crippen molar-refractivity contribution >= 4 is 28.9 Å². The Kier molecular flexibility index (Phi) is 10.5. The highest BCUT2D eigenvalue weighted by atomic mass is 16.5. The molecular weight excluding hydrogens is 632 g/mol. The maximum absolute atomic E-state index is 13.6. The summed E-state index contributed by atoms with van der Waals surface area (Å²) >= 11 is 0. The average Bonchev–Trinajstić information content (AvgIpc) is 3.69. The van der Waals surface area contributed by atoms with E-state index in [0.717, 1.165) is 5.56 Å². The molecule has 0 fully saturated rings. The van der Waals surface area contributed by atoms with Crippen LogP contribution in [0.5, 0.6) is 0 Å². The smallest absolute Gasteiger partial charge is 0.205 e. The number of benzene rings is 1. The second-order valence-corrected chi connectivity index (χ2v) is 11.8. The minimum Gasteiger partial charge on any atom is -0.500 e. The molecule has 258 valence electrons. The van der Waals surface area contributed by atoms with Crippen LogP contribution in [0.1, 0.15) is 71.8 Å². The van der Waals surface area contributed by atoms with E-state index in [4.69, 9.17) is 37.3 Å². The molecule has 49 heavy (non-hydrogen) atoms. The first-order chi connectivity index (χ1) is 23.5. The maximum atomic E-state index is 13.6. The van der Waals surface area contributed by atoms with Crippen molar-refractivity contribution in [2.24, 2.45) is 5.92 Å². The Morgan fingerprint density at radius 2 is 1.39 bits per heavy atom. The van der Waals surface area contributed by atoms with Crippen LogP contribution in [0.15, 0.2) is 85.9 Å². The minimum absolute atomic E-state index is 0.0103. The van der Waals surface area contributed by atoms with Crippen molar-refractivity contribution in [3.63, 3.8) is 0 Å². The third-order valence-corrected chi connectivity index (χ3v) is 8.36. The molecule has 0 radical (unpaired) electrons. The van der Waals surface area contributed by atoms with Gasteiger partial charge in [-0.25, -0.2) is 0 Å². The largest absolute Gasteiger partial charge is 0.500 e. The zero-order valence-electron chi connectivity index (χ0n) is 28.9. The van der Waals surface area contributed by atoms with Crippen molar-refractivity contribution in [1.29, 1.82) is 0 Å². The number of methoxy groups -OCH3 is 4. The lowest BCUT2D eigenvalue weighted by atomic mass is 9.95. The van der Waals surface area contributed by atoms with Gasteiger partial charge in [-0.15, -0.1) is 0 Å². The Morgan fingerprint density at radius 3 is 2.02 bits per heavy atom. The van der Waals surface area contributed by atoms with E-state index in [1.165, 1.54) is 54.8 Å². The summed E-state index contributed by atoms with van der Waals surface area (Å²) in [6.07, 6.45) is 3.61. The Labute approximate surface area is 284 Å². The number of fused-ring (bicyclic) bond motifs is 2. The van der Waals surface area contributed by atoms with E-state index >= 15 is 0 Å². The first-order valence-electron chi connectivity index (χ1n) is 15.7. The molecule has 2 heterocycles. The fourth-order valence-electron chi connectivity index (χ4n) is 5.95. The van der Waals surface area contributed by atoms with Crippen molar-refractivity contribution < 1.29 is 51.6 Å². The zero-order chi connectivity index (χ0) is 35.4. The Morgan fingerprint density at radius 1 is 0.714 bits per heavy atom. The summed E-state index contributed by atoms with van der Waals surface area (Å²) in [6, 6.07) is 8.85. The molecule has 11 nitrogen and oxygen atoms in total. The minimum atomic E-state index is -0.330. The second-order valence-electron chi connectivity index (χ2n) is 11.8. The summed E-state index contributed by atoms with van der Waals surface area (Å²) in [5.41, 5.74) is 3.53. The lowest BCUT2D eigenvalue weighted by molar-refractivity contribution is -0.114. The number of carbonyl (C=O) groups is 3. The Hall–Kier alpha value is -5.45. The van der Waals surface area contributed by atoms with Gasteiger partial charge in [0, 0.05) is 29.0 Å². The summed E-state index contributed by atoms with van der Waals surface area (Å²) in [5, 5.41) is 0. The molecule has 11 heteroatoms. The Balaban J connectivity index is 1.50. The zero-order valence-corrected chi connectivity index (χ0v) is 28.9. The van der Waals surface area contributed by atoms with Crippen LogP contribution in [-0.2, 0) is 64.1 Å². The number of ketones is 3. The third kappa shape index (κ3) is 6.78. The van der Waals surface area contributed by atoms with E-state index in [0.29, 0.717) is 57.5 Å². The van der Waals surface area contributed by atoms with Crippen LogP contribution in [0.3, 0.4) is 0 Å². The van der Waals surface area contributed by atoms with Gasteiger partial charge >= 0.3 is 0 Å². The molecule has 0 aliphatic heterocycles. The normalized spacial score (nSPS) is 14.6. The van der Waals surface area contributed by atoms with E-state index in [1.54, 1.807) is 24.3 Å². The number of furan rings is 2. The van der Waals surface area contributed by atoms with Crippen molar-refractivity contribution in [1.82, 2.24) is 0 Å². The van der Waals surface area contributed by atoms with Gasteiger partial charge in [0.25, 0.3) is 0 Å². The molecule has 3 aromatic rings. The lowest BCUT2D eigenvalue weighted by Gasteiger charge is -2.19. The number of rotatable bonds is 14. The van der Waals surface area contributed by atoms with Gasteiger partial charge < -0.3 is 37.3 Å². The topological polar surface area (TPSA) is 133 Å². The van der Waals surface area contributed by atoms with Crippen molar-refractivity contribution in [2.75, 3.05) is 28.4 Å². The summed E-state index contributed by atoms with van der Waals surface area (Å²) < 4.78 is 46.7. The third-order valence-electron chi connectivity index (χ3n) is 8.36. The first kappa shape index (κ1) is 34.9. The molecule has 2 aromatic heterocycles. The van der Waals surface area contributed by atoms with E-state index in [2.05, 4.69) is 0 Å². The van der Waals surface area contributed by atoms with Gasteiger partial charge in [-0.3, -0.25) is 14.4 Å². The van der Waals surface area contributed by atoms with E-state index in [1.807, 2.05) is 19.9 Å². The van der Waals surface area contributed by atoms with Crippen LogP contribution in [0, 0.1) is 5.92 Å². The quantitative estimate of drug-likeness (QED) is 0.166. The monoisotopic (exact) mass is 672 g/mol. The summed E-state index contributed by atoms with van der Waals surface area (Å²) in [5.74, 6) is 1.75. The molecular formula is C38H40O11. The van der Waals surface area contributed by atoms with Crippen LogP contribution in [0.25, 0.3) is 11.5 Å². The number of hydrogen-bond donors (Lipinski definition) is 0. The molecule has 0 atom stereocenters. The Bertz CT molecular complexity index is 1910. The van der Waals surface area contributed by atoms with Gasteiger partial charge in [0.05, 0.1) is 52.9 Å². The summed E-state index contributed by atoms with van der Waals surface area (Å²) in [6.45, 7) is 6.42. The first-order valence-corrected chi connectivity index (χ1v) is 15.7. The summed E-state index contributed by atoms with van der Waals surface area (Å²) in [7, 11) is 5.94. The number of hydrogen-bond acceptors (Lipinski definition) is 11. The van der Waals surface area contributed by atoms with Crippen LogP contribution in [-0.4, -0.2) is 45.8 Å². The van der Waals surface area contributed by atoms with Crippen molar-refractivity contribution in [3.8, 4) is 0 Å². The molecule has 0 saturated carbocycles. The number of carbonyl (C=O) groups excluding carboxylic acids is 3. The molecule has 2 aliphatic carbocycles. The number of allylic oxidation sites excluding steroid dienone is 4. The fourth-order valence-corrected chi connectivity index (χ4v) is 5.95. The van der Waals surface area contributed by atoms with Crippen molar-refractivity contribution in [2.45, 2.75) is 53.8 Å². The van der Waals surface area contributed by atoms with Crippen LogP contribution in [0.4, 0.5) is 0 Å². The van der Waals surface area contributed by atoms with Gasteiger partial charge in [-0.05, 0) is 37.6 Å².